The maximum Gasteiger partial charge on any atom is 0.407 e. The van der Waals surface area contributed by atoms with E-state index in [0.29, 0.717) is 12.8 Å². The zero-order valence-electron chi connectivity index (χ0n) is 18.1. The molecule has 7 nitrogen and oxygen atoms in total. The van der Waals surface area contributed by atoms with Crippen LogP contribution in [0.3, 0.4) is 0 Å². The zero-order chi connectivity index (χ0) is 22.7. The Morgan fingerprint density at radius 1 is 1.03 bits per heavy atom. The van der Waals surface area contributed by atoms with Crippen LogP contribution in [0.2, 0.25) is 0 Å². The number of hydrogen-bond donors (Lipinski definition) is 3. The van der Waals surface area contributed by atoms with Crippen molar-refractivity contribution < 1.29 is 24.2 Å². The highest BCUT2D eigenvalue weighted by Gasteiger charge is 2.41. The van der Waals surface area contributed by atoms with E-state index in [1.807, 2.05) is 36.4 Å². The second-order valence-electron chi connectivity index (χ2n) is 8.70. The van der Waals surface area contributed by atoms with Crippen LogP contribution in [0.15, 0.2) is 48.5 Å². The van der Waals surface area contributed by atoms with Gasteiger partial charge in [0.15, 0.2) is 0 Å². The molecule has 2 aliphatic rings. The molecule has 4 rings (SSSR count). The molecule has 0 spiro atoms. The van der Waals surface area contributed by atoms with Gasteiger partial charge < -0.3 is 20.5 Å². The van der Waals surface area contributed by atoms with Crippen molar-refractivity contribution in [2.24, 2.45) is 5.41 Å². The Kier molecular flexibility index (Phi) is 6.17. The van der Waals surface area contributed by atoms with Gasteiger partial charge in [-0.3, -0.25) is 9.59 Å². The summed E-state index contributed by atoms with van der Waals surface area (Å²) in [5, 5.41) is 14.8. The minimum Gasteiger partial charge on any atom is -0.481 e. The van der Waals surface area contributed by atoms with E-state index in [1.165, 1.54) is 0 Å². The molecule has 7 heteroatoms. The molecular weight excluding hydrogens is 408 g/mol. The Morgan fingerprint density at radius 2 is 1.59 bits per heavy atom. The van der Waals surface area contributed by atoms with Gasteiger partial charge in [0, 0.05) is 12.5 Å². The maximum atomic E-state index is 12.4. The van der Waals surface area contributed by atoms with Gasteiger partial charge in [-0.2, -0.15) is 0 Å². The topological polar surface area (TPSA) is 105 Å². The van der Waals surface area contributed by atoms with E-state index in [9.17, 15) is 19.5 Å². The number of fused-ring (bicyclic) bond motifs is 3. The van der Waals surface area contributed by atoms with Crippen molar-refractivity contribution in [2.45, 2.75) is 44.6 Å². The molecule has 1 saturated carbocycles. The number of benzene rings is 2. The van der Waals surface area contributed by atoms with Crippen molar-refractivity contribution in [1.82, 2.24) is 10.6 Å². The summed E-state index contributed by atoms with van der Waals surface area (Å²) in [5.74, 6) is -1.37. The summed E-state index contributed by atoms with van der Waals surface area (Å²) < 4.78 is 5.47. The fourth-order valence-corrected chi connectivity index (χ4v) is 4.81. The molecular formula is C25H28N2O5. The molecule has 0 aliphatic heterocycles. The van der Waals surface area contributed by atoms with Gasteiger partial charge in [0.25, 0.3) is 0 Å². The van der Waals surface area contributed by atoms with Crippen LogP contribution in [0.25, 0.3) is 11.1 Å². The van der Waals surface area contributed by atoms with E-state index in [0.717, 1.165) is 35.1 Å². The number of rotatable bonds is 7. The first-order valence-electron chi connectivity index (χ1n) is 11.0. The van der Waals surface area contributed by atoms with Gasteiger partial charge in [0.05, 0.1) is 5.41 Å². The van der Waals surface area contributed by atoms with Crippen LogP contribution in [-0.2, 0) is 14.3 Å². The number of carbonyl (C=O) groups is 3. The molecule has 0 bridgehead atoms. The first kappa shape index (κ1) is 21.9. The third-order valence-electron chi connectivity index (χ3n) is 6.69. The lowest BCUT2D eigenvalue weighted by Gasteiger charge is -2.25. The van der Waals surface area contributed by atoms with Gasteiger partial charge in [-0.05, 0) is 42.0 Å². The highest BCUT2D eigenvalue weighted by atomic mass is 16.5. The molecule has 2 aliphatic carbocycles. The quantitative estimate of drug-likeness (QED) is 0.614. The second kappa shape index (κ2) is 9.02. The highest BCUT2D eigenvalue weighted by molar-refractivity contribution is 5.86. The molecule has 1 fully saturated rings. The normalized spacial score (nSPS) is 17.2. The molecule has 0 aromatic heterocycles. The van der Waals surface area contributed by atoms with Crippen molar-refractivity contribution in [3.63, 3.8) is 0 Å². The smallest absolute Gasteiger partial charge is 0.407 e. The second-order valence-corrected chi connectivity index (χ2v) is 8.70. The van der Waals surface area contributed by atoms with Crippen LogP contribution >= 0.6 is 0 Å². The average molecular weight is 437 g/mol. The molecule has 0 unspecified atom stereocenters. The fraction of sp³-hybridized carbons (Fsp3) is 0.400. The van der Waals surface area contributed by atoms with Crippen LogP contribution in [0.5, 0.6) is 0 Å². The number of alkyl carbamates (subject to hydrolysis) is 1. The van der Waals surface area contributed by atoms with Gasteiger partial charge in [0.1, 0.15) is 12.6 Å². The summed E-state index contributed by atoms with van der Waals surface area (Å²) in [5.41, 5.74) is 3.61. The lowest BCUT2D eigenvalue weighted by Crippen LogP contribution is -2.49. The van der Waals surface area contributed by atoms with Crippen molar-refractivity contribution in [3.8, 4) is 11.1 Å². The Balaban J connectivity index is 1.31. The summed E-state index contributed by atoms with van der Waals surface area (Å²) in [6.07, 6.45) is 2.11. The minimum absolute atomic E-state index is 0.0601. The molecule has 2 aromatic carbocycles. The van der Waals surface area contributed by atoms with Gasteiger partial charge >= 0.3 is 12.1 Å². The van der Waals surface area contributed by atoms with Crippen molar-refractivity contribution in [3.05, 3.63) is 59.7 Å². The van der Waals surface area contributed by atoms with Gasteiger partial charge in [-0.1, -0.05) is 61.4 Å². The lowest BCUT2D eigenvalue weighted by atomic mass is 9.86. The number of hydrogen-bond acceptors (Lipinski definition) is 4. The lowest BCUT2D eigenvalue weighted by molar-refractivity contribution is -0.148. The Hall–Kier alpha value is -3.35. The predicted octanol–water partition coefficient (Wildman–Crippen LogP) is 3.67. The minimum atomic E-state index is -0.904. The number of amides is 2. The first-order valence-corrected chi connectivity index (χ1v) is 11.0. The largest absolute Gasteiger partial charge is 0.481 e. The number of carboxylic acids is 1. The summed E-state index contributed by atoms with van der Waals surface area (Å²) in [7, 11) is 0. The van der Waals surface area contributed by atoms with Crippen LogP contribution < -0.4 is 10.6 Å². The monoisotopic (exact) mass is 436 g/mol. The maximum absolute atomic E-state index is 12.4. The number of carboxylic acid groups (broad SMARTS) is 1. The summed E-state index contributed by atoms with van der Waals surface area (Å²) in [4.78, 5) is 36.4. The van der Waals surface area contributed by atoms with E-state index in [1.54, 1.807) is 6.92 Å². The van der Waals surface area contributed by atoms with E-state index >= 15 is 0 Å². The molecule has 32 heavy (non-hydrogen) atoms. The van der Waals surface area contributed by atoms with Crippen molar-refractivity contribution in [1.29, 1.82) is 0 Å². The number of aliphatic carboxylic acids is 1. The standard InChI is InChI=1S/C25H28N2O5/c1-16(22(28)26-15-25(23(29)30)12-6-7-13-25)27-24(31)32-14-21-19-10-4-2-8-17(19)18-9-3-5-11-20(18)21/h2-5,8-11,16,21H,6-7,12-15H2,1H3,(H,26,28)(H,27,31)(H,29,30)/t16-/m1/s1. The van der Waals surface area contributed by atoms with E-state index < -0.39 is 29.4 Å². The molecule has 2 aromatic rings. The molecule has 0 saturated heterocycles. The summed E-state index contributed by atoms with van der Waals surface area (Å²) in [6, 6.07) is 15.3. The Labute approximate surface area is 187 Å². The van der Waals surface area contributed by atoms with Crippen LogP contribution in [-0.4, -0.2) is 42.3 Å². The number of nitrogens with one attached hydrogen (secondary N) is 2. The first-order chi connectivity index (χ1) is 15.4. The summed E-state index contributed by atoms with van der Waals surface area (Å²) >= 11 is 0. The molecule has 168 valence electrons. The van der Waals surface area contributed by atoms with Crippen LogP contribution in [0, 0.1) is 5.41 Å². The van der Waals surface area contributed by atoms with Gasteiger partial charge in [-0.25, -0.2) is 4.79 Å². The average Bonchev–Trinajstić information content (AvgIpc) is 3.40. The zero-order valence-corrected chi connectivity index (χ0v) is 18.1. The van der Waals surface area contributed by atoms with Gasteiger partial charge in [0.2, 0.25) is 5.91 Å². The van der Waals surface area contributed by atoms with Crippen molar-refractivity contribution in [2.75, 3.05) is 13.2 Å². The third kappa shape index (κ3) is 4.20. The van der Waals surface area contributed by atoms with E-state index in [2.05, 4.69) is 22.8 Å². The molecule has 3 N–H and O–H groups in total. The molecule has 0 heterocycles. The molecule has 2 amide bonds. The fourth-order valence-electron chi connectivity index (χ4n) is 4.81. The van der Waals surface area contributed by atoms with Crippen molar-refractivity contribution >= 4 is 18.0 Å². The van der Waals surface area contributed by atoms with Crippen LogP contribution in [0.4, 0.5) is 4.79 Å². The third-order valence-corrected chi connectivity index (χ3v) is 6.69. The Bertz CT molecular complexity index is 983. The number of carbonyl (C=O) groups excluding carboxylic acids is 2. The highest BCUT2D eigenvalue weighted by Crippen LogP contribution is 2.44. The van der Waals surface area contributed by atoms with E-state index in [4.69, 9.17) is 4.74 Å². The SMILES string of the molecule is C[C@@H](NC(=O)OCC1c2ccccc2-c2ccccc21)C(=O)NCC1(C(=O)O)CCCC1. The van der Waals surface area contributed by atoms with Gasteiger partial charge in [-0.15, -0.1) is 0 Å². The molecule has 1 atom stereocenters. The summed E-state index contributed by atoms with van der Waals surface area (Å²) in [6.45, 7) is 1.78. The number of ether oxygens (including phenoxy) is 1. The van der Waals surface area contributed by atoms with E-state index in [-0.39, 0.29) is 19.1 Å². The molecule has 0 radical (unpaired) electrons. The predicted molar refractivity (Wildman–Crippen MR) is 119 cm³/mol. The Morgan fingerprint density at radius 3 is 2.16 bits per heavy atom. The van der Waals surface area contributed by atoms with Crippen LogP contribution in [0.1, 0.15) is 49.7 Å².